The number of carbonyl (C=O) groups excluding carboxylic acids is 1. The number of piperidine rings is 4. The van der Waals surface area contributed by atoms with E-state index < -0.39 is 0 Å². The van der Waals surface area contributed by atoms with Crippen LogP contribution in [0.2, 0.25) is 0 Å². The second kappa shape index (κ2) is 21.3. The third kappa shape index (κ3) is 12.2. The van der Waals surface area contributed by atoms with Crippen LogP contribution in [0.3, 0.4) is 0 Å². The molecular weight excluding hydrogens is 572 g/mol. The molecule has 4 aliphatic rings. The van der Waals surface area contributed by atoms with Crippen LogP contribution in [0.5, 0.6) is 0 Å². The molecule has 0 aromatic carbocycles. The summed E-state index contributed by atoms with van der Waals surface area (Å²) in [6, 6.07) is 0. The van der Waals surface area contributed by atoms with Crippen LogP contribution in [0.1, 0.15) is 130 Å². The number of hydrogen-bond donors (Lipinski definition) is 0. The largest absolute Gasteiger partial charge is 0.508 e. The Morgan fingerprint density at radius 2 is 0.761 bits per heavy atom. The summed E-state index contributed by atoms with van der Waals surface area (Å²) in [5.41, 5.74) is 0. The van der Waals surface area contributed by atoms with Gasteiger partial charge in [-0.2, -0.15) is 0 Å². The van der Waals surface area contributed by atoms with E-state index in [9.17, 15) is 4.79 Å². The van der Waals surface area contributed by atoms with Crippen molar-refractivity contribution in [2.24, 2.45) is 23.7 Å². The first-order valence-electron chi connectivity index (χ1n) is 20.3. The van der Waals surface area contributed by atoms with E-state index in [2.05, 4.69) is 47.3 Å². The van der Waals surface area contributed by atoms with Crippen LogP contribution >= 0.6 is 0 Å². The van der Waals surface area contributed by atoms with E-state index in [1.165, 1.54) is 155 Å². The van der Waals surface area contributed by atoms with Crippen molar-refractivity contribution in [3.05, 3.63) is 0 Å². The fraction of sp³-hybridized carbons (Fsp3) is 0.974. The number of ether oxygens (including phenoxy) is 2. The summed E-state index contributed by atoms with van der Waals surface area (Å²) in [4.78, 5) is 24.8. The Morgan fingerprint density at radius 3 is 1.00 bits per heavy atom. The van der Waals surface area contributed by atoms with Crippen molar-refractivity contribution in [3.8, 4) is 0 Å². The summed E-state index contributed by atoms with van der Waals surface area (Å²) in [6.07, 6.45) is 19.0. The van der Waals surface area contributed by atoms with Crippen LogP contribution in [0.15, 0.2) is 0 Å². The van der Waals surface area contributed by atoms with Crippen LogP contribution in [0, 0.1) is 23.7 Å². The van der Waals surface area contributed by atoms with E-state index in [-0.39, 0.29) is 18.4 Å². The molecule has 0 amide bonds. The molecule has 0 aromatic heterocycles. The number of nitrogens with zero attached hydrogens (tertiary/aromatic N) is 4. The van der Waals surface area contributed by atoms with Crippen molar-refractivity contribution >= 4 is 6.16 Å². The molecule has 0 aliphatic carbocycles. The minimum atomic E-state index is -0.359. The zero-order valence-electron chi connectivity index (χ0n) is 30.8. The smallest absolute Gasteiger partial charge is 0.430 e. The van der Waals surface area contributed by atoms with Crippen LogP contribution in [-0.4, -0.2) is 117 Å². The van der Waals surface area contributed by atoms with Gasteiger partial charge in [-0.05, 0) is 129 Å². The lowest BCUT2D eigenvalue weighted by molar-refractivity contribution is -0.0911. The van der Waals surface area contributed by atoms with E-state index in [1.807, 2.05) is 0 Å². The Labute approximate surface area is 284 Å². The summed E-state index contributed by atoms with van der Waals surface area (Å²) >= 11 is 0. The number of carbonyl (C=O) groups is 1. The third-order valence-corrected chi connectivity index (χ3v) is 11.8. The molecule has 4 aliphatic heterocycles. The fourth-order valence-electron chi connectivity index (χ4n) is 9.18. The molecule has 4 atom stereocenters. The molecule has 0 spiro atoms. The number of rotatable bonds is 18. The molecule has 4 saturated heterocycles. The van der Waals surface area contributed by atoms with Crippen LogP contribution < -0.4 is 0 Å². The second-order valence-corrected chi connectivity index (χ2v) is 15.6. The first-order valence-corrected chi connectivity index (χ1v) is 20.3. The van der Waals surface area contributed by atoms with Gasteiger partial charge in [0, 0.05) is 49.9 Å². The van der Waals surface area contributed by atoms with Crippen LogP contribution in [-0.2, 0) is 9.47 Å². The molecule has 7 heteroatoms. The normalized spacial score (nSPS) is 29.0. The predicted octanol–water partition coefficient (Wildman–Crippen LogP) is 7.93. The quantitative estimate of drug-likeness (QED) is 0.140. The topological polar surface area (TPSA) is 48.5 Å². The van der Waals surface area contributed by atoms with Gasteiger partial charge in [0.05, 0.1) is 0 Å². The van der Waals surface area contributed by atoms with E-state index in [1.54, 1.807) is 0 Å². The maximum absolute atomic E-state index is 14.1. The minimum Gasteiger partial charge on any atom is -0.430 e. The van der Waals surface area contributed by atoms with Gasteiger partial charge in [0.15, 0.2) is 0 Å². The molecule has 7 nitrogen and oxygen atoms in total. The Bertz CT molecular complexity index is 709. The van der Waals surface area contributed by atoms with Gasteiger partial charge in [-0.25, -0.2) is 4.79 Å². The van der Waals surface area contributed by atoms with Crippen LogP contribution in [0.25, 0.3) is 0 Å². The molecule has 0 radical (unpaired) electrons. The second-order valence-electron chi connectivity index (χ2n) is 15.6. The van der Waals surface area contributed by atoms with E-state index in [0.717, 1.165) is 26.2 Å². The molecule has 268 valence electrons. The Balaban J connectivity index is 1.49. The van der Waals surface area contributed by atoms with Crippen molar-refractivity contribution in [3.63, 3.8) is 0 Å². The minimum absolute atomic E-state index is 0.0400. The van der Waals surface area contributed by atoms with Crippen molar-refractivity contribution in [1.82, 2.24) is 19.6 Å². The van der Waals surface area contributed by atoms with Gasteiger partial charge in [-0.15, -0.1) is 0 Å². The van der Waals surface area contributed by atoms with Gasteiger partial charge in [-0.3, -0.25) is 0 Å². The van der Waals surface area contributed by atoms with E-state index in [0.29, 0.717) is 23.7 Å². The van der Waals surface area contributed by atoms with Crippen LogP contribution in [0.4, 0.5) is 4.79 Å². The summed E-state index contributed by atoms with van der Waals surface area (Å²) in [5, 5.41) is 0. The lowest BCUT2D eigenvalue weighted by Crippen LogP contribution is -2.51. The summed E-state index contributed by atoms with van der Waals surface area (Å²) < 4.78 is 13.4. The molecule has 4 unspecified atom stereocenters. The molecule has 0 aromatic rings. The highest BCUT2D eigenvalue weighted by atomic mass is 16.7. The van der Waals surface area contributed by atoms with Crippen molar-refractivity contribution in [2.75, 3.05) is 78.5 Å². The zero-order chi connectivity index (χ0) is 32.6. The molecule has 46 heavy (non-hydrogen) atoms. The highest BCUT2D eigenvalue weighted by Gasteiger charge is 2.41. The maximum atomic E-state index is 14.1. The van der Waals surface area contributed by atoms with Gasteiger partial charge in [0.25, 0.3) is 0 Å². The Hall–Kier alpha value is -0.890. The number of unbranched alkanes of at least 4 members (excludes halogenated alkanes) is 4. The monoisotopic (exact) mass is 647 g/mol. The Kier molecular flexibility index (Phi) is 17.5. The zero-order valence-corrected chi connectivity index (χ0v) is 30.8. The summed E-state index contributed by atoms with van der Waals surface area (Å²) in [6.45, 7) is 22.9. The third-order valence-electron chi connectivity index (χ3n) is 11.8. The molecule has 4 rings (SSSR count). The number of likely N-dealkylation sites (tertiary alicyclic amines) is 4. The van der Waals surface area contributed by atoms with Gasteiger partial charge in [0.1, 0.15) is 12.2 Å². The van der Waals surface area contributed by atoms with Crippen molar-refractivity contribution in [2.45, 2.75) is 143 Å². The lowest BCUT2D eigenvalue weighted by atomic mass is 9.81. The summed E-state index contributed by atoms with van der Waals surface area (Å²) in [5.74, 6) is 1.63. The average molecular weight is 647 g/mol. The lowest BCUT2D eigenvalue weighted by Gasteiger charge is -2.44. The summed E-state index contributed by atoms with van der Waals surface area (Å²) in [7, 11) is 0. The fourth-order valence-corrected chi connectivity index (χ4v) is 9.18. The standard InChI is InChI=1S/C39H74N4O3/c1-5-9-21-40-25-13-17-33(29-40)37(34-18-14-26-41(30-34)22-10-6-2)45-39(44)46-38(35-19-15-27-42(31-35)23-11-7-3)36-20-16-28-43(32-36)24-12-8-4/h33-38H,5-32H2,1-4H3. The molecule has 4 heterocycles. The molecule has 4 fully saturated rings. The van der Waals surface area contributed by atoms with Crippen molar-refractivity contribution in [1.29, 1.82) is 0 Å². The molecule has 0 saturated carbocycles. The predicted molar refractivity (Wildman–Crippen MR) is 191 cm³/mol. The molecular formula is C39H74N4O3. The average Bonchev–Trinajstić information content (AvgIpc) is 3.09. The van der Waals surface area contributed by atoms with Crippen molar-refractivity contribution < 1.29 is 14.3 Å². The van der Waals surface area contributed by atoms with E-state index in [4.69, 9.17) is 9.47 Å². The van der Waals surface area contributed by atoms with Gasteiger partial charge < -0.3 is 29.1 Å². The molecule has 0 bridgehead atoms. The SMILES string of the molecule is CCCCN1CCCC(C(OC(=O)OC(C2CCCN(CCCC)C2)C2CCCN(CCCC)C2)C2CCCN(CCCC)C2)C1. The van der Waals surface area contributed by atoms with Gasteiger partial charge >= 0.3 is 6.16 Å². The maximum Gasteiger partial charge on any atom is 0.508 e. The molecule has 0 N–H and O–H groups in total. The first-order chi connectivity index (χ1) is 22.5. The van der Waals surface area contributed by atoms with Gasteiger partial charge in [-0.1, -0.05) is 53.4 Å². The number of hydrogen-bond acceptors (Lipinski definition) is 7. The Morgan fingerprint density at radius 1 is 0.500 bits per heavy atom. The first kappa shape index (κ1) is 37.9. The van der Waals surface area contributed by atoms with Gasteiger partial charge in [0.2, 0.25) is 0 Å². The van der Waals surface area contributed by atoms with E-state index >= 15 is 0 Å². The highest BCUT2D eigenvalue weighted by molar-refractivity contribution is 5.60. The highest BCUT2D eigenvalue weighted by Crippen LogP contribution is 2.35.